The van der Waals surface area contributed by atoms with Crippen molar-refractivity contribution < 1.29 is 14.6 Å². The van der Waals surface area contributed by atoms with E-state index in [1.54, 1.807) is 12.1 Å². The third kappa shape index (κ3) is 3.38. The summed E-state index contributed by atoms with van der Waals surface area (Å²) in [7, 11) is 0. The third-order valence-corrected chi connectivity index (χ3v) is 3.09. The Morgan fingerprint density at radius 2 is 1.85 bits per heavy atom. The molecular weight excluding hydrogens is 252 g/mol. The first-order chi connectivity index (χ1) is 9.72. The Balaban J connectivity index is 2.38. The molecule has 0 spiro atoms. The summed E-state index contributed by atoms with van der Waals surface area (Å²) in [6.45, 7) is 2.11. The van der Waals surface area contributed by atoms with Gasteiger partial charge in [0.1, 0.15) is 17.1 Å². The molecule has 0 unspecified atom stereocenters. The first-order valence-corrected chi connectivity index (χ1v) is 6.80. The van der Waals surface area contributed by atoms with E-state index in [0.29, 0.717) is 11.5 Å². The van der Waals surface area contributed by atoms with Gasteiger partial charge in [0.05, 0.1) is 0 Å². The molecule has 104 valence electrons. The van der Waals surface area contributed by atoms with Gasteiger partial charge in [-0.05, 0) is 36.6 Å². The van der Waals surface area contributed by atoms with E-state index in [4.69, 9.17) is 4.74 Å². The topological polar surface area (TPSA) is 46.5 Å². The smallest absolute Gasteiger partial charge is 0.339 e. The SMILES string of the molecule is CCCCc1cccc(C(=O)O)c1Oc1ccccc1. The number of rotatable bonds is 6. The van der Waals surface area contributed by atoms with Gasteiger partial charge in [-0.15, -0.1) is 0 Å². The summed E-state index contributed by atoms with van der Waals surface area (Å²) < 4.78 is 5.82. The largest absolute Gasteiger partial charge is 0.478 e. The van der Waals surface area contributed by atoms with Crippen molar-refractivity contribution >= 4 is 5.97 Å². The maximum atomic E-state index is 11.4. The summed E-state index contributed by atoms with van der Waals surface area (Å²) in [5.41, 5.74) is 1.15. The van der Waals surface area contributed by atoms with Crippen molar-refractivity contribution in [2.24, 2.45) is 0 Å². The summed E-state index contributed by atoms with van der Waals surface area (Å²) in [4.78, 5) is 11.4. The summed E-state index contributed by atoms with van der Waals surface area (Å²) >= 11 is 0. The van der Waals surface area contributed by atoms with E-state index < -0.39 is 5.97 Å². The van der Waals surface area contributed by atoms with Gasteiger partial charge in [-0.1, -0.05) is 43.7 Å². The Hall–Kier alpha value is -2.29. The van der Waals surface area contributed by atoms with Gasteiger partial charge >= 0.3 is 5.97 Å². The minimum Gasteiger partial charge on any atom is -0.478 e. The molecule has 2 rings (SSSR count). The first kappa shape index (κ1) is 14.1. The second kappa shape index (κ2) is 6.75. The monoisotopic (exact) mass is 270 g/mol. The zero-order valence-electron chi connectivity index (χ0n) is 11.5. The van der Waals surface area contributed by atoms with Crippen molar-refractivity contribution in [2.45, 2.75) is 26.2 Å². The quantitative estimate of drug-likeness (QED) is 0.839. The molecule has 0 atom stereocenters. The van der Waals surface area contributed by atoms with Crippen LogP contribution >= 0.6 is 0 Å². The second-order valence-electron chi connectivity index (χ2n) is 4.62. The second-order valence-corrected chi connectivity index (χ2v) is 4.62. The van der Waals surface area contributed by atoms with Crippen molar-refractivity contribution in [2.75, 3.05) is 0 Å². The molecule has 0 saturated carbocycles. The zero-order valence-corrected chi connectivity index (χ0v) is 11.5. The van der Waals surface area contributed by atoms with Crippen LogP contribution in [0, 0.1) is 0 Å². The number of hydrogen-bond acceptors (Lipinski definition) is 2. The lowest BCUT2D eigenvalue weighted by Gasteiger charge is -2.13. The van der Waals surface area contributed by atoms with Crippen LogP contribution in [0.4, 0.5) is 0 Å². The van der Waals surface area contributed by atoms with Crippen molar-refractivity contribution in [3.05, 3.63) is 59.7 Å². The molecule has 2 aromatic carbocycles. The molecule has 3 heteroatoms. The highest BCUT2D eigenvalue weighted by molar-refractivity contribution is 5.91. The molecule has 0 saturated heterocycles. The van der Waals surface area contributed by atoms with E-state index in [2.05, 4.69) is 6.92 Å². The number of unbranched alkanes of at least 4 members (excludes halogenated alkanes) is 1. The van der Waals surface area contributed by atoms with Crippen LogP contribution in [0.25, 0.3) is 0 Å². The Morgan fingerprint density at radius 3 is 2.50 bits per heavy atom. The molecule has 20 heavy (non-hydrogen) atoms. The number of carboxylic acids is 1. The number of hydrogen-bond donors (Lipinski definition) is 1. The van der Waals surface area contributed by atoms with E-state index in [1.807, 2.05) is 36.4 Å². The molecule has 0 aliphatic carbocycles. The molecule has 3 nitrogen and oxygen atoms in total. The number of ether oxygens (including phenoxy) is 1. The van der Waals surface area contributed by atoms with Crippen LogP contribution in [-0.2, 0) is 6.42 Å². The Kier molecular flexibility index (Phi) is 4.77. The Labute approximate surface area is 118 Å². The molecule has 2 aromatic rings. The highest BCUT2D eigenvalue weighted by atomic mass is 16.5. The van der Waals surface area contributed by atoms with Crippen LogP contribution < -0.4 is 4.74 Å². The number of benzene rings is 2. The summed E-state index contributed by atoms with van der Waals surface area (Å²) in [5.74, 6) is 0.146. The molecule has 0 aromatic heterocycles. The summed E-state index contributed by atoms with van der Waals surface area (Å²) in [6, 6.07) is 14.6. The summed E-state index contributed by atoms with van der Waals surface area (Å²) in [6.07, 6.45) is 2.89. The lowest BCUT2D eigenvalue weighted by molar-refractivity contribution is 0.0694. The van der Waals surface area contributed by atoms with Crippen LogP contribution in [0.5, 0.6) is 11.5 Å². The summed E-state index contributed by atoms with van der Waals surface area (Å²) in [5, 5.41) is 9.31. The lowest BCUT2D eigenvalue weighted by Crippen LogP contribution is -2.03. The Morgan fingerprint density at radius 1 is 1.10 bits per heavy atom. The fraction of sp³-hybridized carbons (Fsp3) is 0.235. The number of aromatic carboxylic acids is 1. The van der Waals surface area contributed by atoms with Gasteiger partial charge in [0, 0.05) is 0 Å². The molecule has 0 amide bonds. The van der Waals surface area contributed by atoms with Gasteiger partial charge in [-0.25, -0.2) is 4.79 Å². The fourth-order valence-electron chi connectivity index (χ4n) is 2.04. The van der Waals surface area contributed by atoms with Crippen LogP contribution in [0.3, 0.4) is 0 Å². The average Bonchev–Trinajstić information content (AvgIpc) is 2.47. The van der Waals surface area contributed by atoms with E-state index >= 15 is 0 Å². The van der Waals surface area contributed by atoms with Gasteiger partial charge in [0.2, 0.25) is 0 Å². The highest BCUT2D eigenvalue weighted by Gasteiger charge is 2.15. The maximum absolute atomic E-state index is 11.4. The number of para-hydroxylation sites is 2. The molecule has 1 N–H and O–H groups in total. The predicted molar refractivity (Wildman–Crippen MR) is 78.5 cm³/mol. The third-order valence-electron chi connectivity index (χ3n) is 3.09. The zero-order chi connectivity index (χ0) is 14.4. The molecule has 0 aliphatic rings. The van der Waals surface area contributed by atoms with Crippen LogP contribution in [-0.4, -0.2) is 11.1 Å². The van der Waals surface area contributed by atoms with Crippen molar-refractivity contribution in [1.29, 1.82) is 0 Å². The number of carboxylic acid groups (broad SMARTS) is 1. The first-order valence-electron chi connectivity index (χ1n) is 6.80. The van der Waals surface area contributed by atoms with Gasteiger partial charge in [0.25, 0.3) is 0 Å². The predicted octanol–water partition coefficient (Wildman–Crippen LogP) is 4.52. The van der Waals surface area contributed by atoms with E-state index in [-0.39, 0.29) is 5.56 Å². The normalized spacial score (nSPS) is 10.2. The fourth-order valence-corrected chi connectivity index (χ4v) is 2.04. The lowest BCUT2D eigenvalue weighted by atomic mass is 10.0. The molecule has 0 heterocycles. The molecule has 0 aliphatic heterocycles. The standard InChI is InChI=1S/C17H18O3/c1-2-3-8-13-9-7-12-15(17(18)19)16(13)20-14-10-5-4-6-11-14/h4-7,9-12H,2-3,8H2,1H3,(H,18,19). The van der Waals surface area contributed by atoms with E-state index in [0.717, 1.165) is 24.8 Å². The molecule has 0 bridgehead atoms. The van der Waals surface area contributed by atoms with Crippen molar-refractivity contribution in [3.8, 4) is 11.5 Å². The highest BCUT2D eigenvalue weighted by Crippen LogP contribution is 2.30. The van der Waals surface area contributed by atoms with Crippen LogP contribution in [0.15, 0.2) is 48.5 Å². The average molecular weight is 270 g/mol. The molecule has 0 radical (unpaired) electrons. The number of aryl methyl sites for hydroxylation is 1. The minimum absolute atomic E-state index is 0.211. The van der Waals surface area contributed by atoms with Crippen LogP contribution in [0.2, 0.25) is 0 Å². The van der Waals surface area contributed by atoms with Gasteiger partial charge in [-0.2, -0.15) is 0 Å². The van der Waals surface area contributed by atoms with Gasteiger partial charge < -0.3 is 9.84 Å². The van der Waals surface area contributed by atoms with Gasteiger partial charge in [0.15, 0.2) is 0 Å². The minimum atomic E-state index is -0.964. The maximum Gasteiger partial charge on any atom is 0.339 e. The van der Waals surface area contributed by atoms with E-state index in [1.165, 1.54) is 0 Å². The van der Waals surface area contributed by atoms with Gasteiger partial charge in [-0.3, -0.25) is 0 Å². The van der Waals surface area contributed by atoms with Crippen LogP contribution in [0.1, 0.15) is 35.7 Å². The Bertz CT molecular complexity index is 576. The number of carbonyl (C=O) groups is 1. The molecular formula is C17H18O3. The molecule has 0 fully saturated rings. The van der Waals surface area contributed by atoms with Crippen molar-refractivity contribution in [1.82, 2.24) is 0 Å². The van der Waals surface area contributed by atoms with Crippen molar-refractivity contribution in [3.63, 3.8) is 0 Å². The van der Waals surface area contributed by atoms with E-state index in [9.17, 15) is 9.90 Å².